The Kier molecular flexibility index (Phi) is 4.64. The highest BCUT2D eigenvalue weighted by atomic mass is 16.5. The summed E-state index contributed by atoms with van der Waals surface area (Å²) in [5, 5.41) is 8.67. The quantitative estimate of drug-likeness (QED) is 0.863. The maximum absolute atomic E-state index is 10.6. The summed E-state index contributed by atoms with van der Waals surface area (Å²) < 4.78 is 5.57. The molecule has 0 saturated carbocycles. The first-order valence-electron chi connectivity index (χ1n) is 6.00. The Labute approximate surface area is 111 Å². The first kappa shape index (κ1) is 13.2. The maximum Gasteiger partial charge on any atom is 0.307 e. The van der Waals surface area contributed by atoms with Gasteiger partial charge in [0, 0.05) is 12.4 Å². The van der Waals surface area contributed by atoms with Crippen LogP contribution in [0.15, 0.2) is 48.8 Å². The maximum atomic E-state index is 10.6. The van der Waals surface area contributed by atoms with E-state index in [0.29, 0.717) is 13.2 Å². The Morgan fingerprint density at radius 3 is 2.37 bits per heavy atom. The number of nitrogens with zero attached hydrogens (tertiary/aromatic N) is 1. The molecule has 2 rings (SSSR count). The molecule has 0 bridgehead atoms. The molecular formula is C15H15NO3. The van der Waals surface area contributed by atoms with Crippen molar-refractivity contribution in [3.8, 4) is 0 Å². The third-order valence-electron chi connectivity index (χ3n) is 2.64. The van der Waals surface area contributed by atoms with Gasteiger partial charge >= 0.3 is 5.97 Å². The van der Waals surface area contributed by atoms with Crippen LogP contribution in [-0.2, 0) is 29.2 Å². The summed E-state index contributed by atoms with van der Waals surface area (Å²) in [5.41, 5.74) is 2.85. The fourth-order valence-electron chi connectivity index (χ4n) is 1.70. The second-order valence-electron chi connectivity index (χ2n) is 4.24. The third-order valence-corrected chi connectivity index (χ3v) is 2.64. The standard InChI is InChI=1S/C15H15NO3/c17-15(18)8-12-3-5-13(6-4-12)10-19-11-14-2-1-7-16-9-14/h1-7,9H,8,10-11H2,(H,17,18). The minimum atomic E-state index is -0.819. The summed E-state index contributed by atoms with van der Waals surface area (Å²) >= 11 is 0. The monoisotopic (exact) mass is 257 g/mol. The van der Waals surface area contributed by atoms with Crippen LogP contribution in [-0.4, -0.2) is 16.1 Å². The van der Waals surface area contributed by atoms with Crippen molar-refractivity contribution >= 4 is 5.97 Å². The average Bonchev–Trinajstić information content (AvgIpc) is 2.41. The molecule has 1 N–H and O–H groups in total. The van der Waals surface area contributed by atoms with Gasteiger partial charge in [-0.3, -0.25) is 9.78 Å². The minimum absolute atomic E-state index is 0.0524. The van der Waals surface area contributed by atoms with E-state index in [1.165, 1.54) is 0 Å². The number of ether oxygens (including phenoxy) is 1. The number of pyridine rings is 1. The molecule has 0 atom stereocenters. The van der Waals surface area contributed by atoms with E-state index in [1.54, 1.807) is 12.4 Å². The summed E-state index contributed by atoms with van der Waals surface area (Å²) in [5.74, 6) is -0.819. The number of carbonyl (C=O) groups is 1. The van der Waals surface area contributed by atoms with Crippen molar-refractivity contribution in [1.82, 2.24) is 4.98 Å². The lowest BCUT2D eigenvalue weighted by Gasteiger charge is -2.05. The highest BCUT2D eigenvalue weighted by molar-refractivity contribution is 5.70. The highest BCUT2D eigenvalue weighted by Crippen LogP contribution is 2.08. The molecule has 1 heterocycles. The zero-order valence-corrected chi connectivity index (χ0v) is 10.5. The normalized spacial score (nSPS) is 10.3. The Hall–Kier alpha value is -2.20. The highest BCUT2D eigenvalue weighted by Gasteiger charge is 2.00. The Morgan fingerprint density at radius 1 is 1.05 bits per heavy atom. The van der Waals surface area contributed by atoms with Crippen LogP contribution in [0, 0.1) is 0 Å². The second kappa shape index (κ2) is 6.66. The Bertz CT molecular complexity index is 523. The van der Waals surface area contributed by atoms with E-state index in [2.05, 4.69) is 4.98 Å². The molecular weight excluding hydrogens is 242 g/mol. The van der Waals surface area contributed by atoms with Crippen LogP contribution in [0.5, 0.6) is 0 Å². The van der Waals surface area contributed by atoms with Crippen LogP contribution in [0.25, 0.3) is 0 Å². The van der Waals surface area contributed by atoms with E-state index in [-0.39, 0.29) is 6.42 Å². The third kappa shape index (κ3) is 4.52. The van der Waals surface area contributed by atoms with Gasteiger partial charge in [0.2, 0.25) is 0 Å². The molecule has 0 fully saturated rings. The summed E-state index contributed by atoms with van der Waals surface area (Å²) in [4.78, 5) is 14.6. The van der Waals surface area contributed by atoms with Crippen molar-refractivity contribution in [2.45, 2.75) is 19.6 Å². The molecule has 0 saturated heterocycles. The second-order valence-corrected chi connectivity index (χ2v) is 4.24. The first-order valence-corrected chi connectivity index (χ1v) is 6.00. The van der Waals surface area contributed by atoms with E-state index in [4.69, 9.17) is 9.84 Å². The van der Waals surface area contributed by atoms with Gasteiger partial charge in [-0.2, -0.15) is 0 Å². The van der Waals surface area contributed by atoms with Crippen LogP contribution in [0.2, 0.25) is 0 Å². The number of hydrogen-bond acceptors (Lipinski definition) is 3. The molecule has 0 aliphatic carbocycles. The molecule has 4 nitrogen and oxygen atoms in total. The van der Waals surface area contributed by atoms with Gasteiger partial charge in [0.15, 0.2) is 0 Å². The first-order chi connectivity index (χ1) is 9.24. The molecule has 4 heteroatoms. The molecule has 0 aliphatic rings. The number of rotatable bonds is 6. The molecule has 1 aromatic carbocycles. The van der Waals surface area contributed by atoms with Gasteiger partial charge in [-0.1, -0.05) is 30.3 Å². The van der Waals surface area contributed by atoms with Crippen LogP contribution < -0.4 is 0 Å². The van der Waals surface area contributed by atoms with E-state index in [0.717, 1.165) is 16.7 Å². The van der Waals surface area contributed by atoms with Gasteiger partial charge in [0.25, 0.3) is 0 Å². The number of aliphatic carboxylic acids is 1. The van der Waals surface area contributed by atoms with Gasteiger partial charge in [0.1, 0.15) is 0 Å². The zero-order chi connectivity index (χ0) is 13.5. The lowest BCUT2D eigenvalue weighted by atomic mass is 10.1. The molecule has 2 aromatic rings. The molecule has 0 spiro atoms. The van der Waals surface area contributed by atoms with Crippen molar-refractivity contribution in [2.75, 3.05) is 0 Å². The van der Waals surface area contributed by atoms with E-state index >= 15 is 0 Å². The number of carboxylic acids is 1. The van der Waals surface area contributed by atoms with Gasteiger partial charge in [-0.25, -0.2) is 0 Å². The van der Waals surface area contributed by atoms with Gasteiger partial charge < -0.3 is 9.84 Å². The van der Waals surface area contributed by atoms with Crippen molar-refractivity contribution in [3.63, 3.8) is 0 Å². The SMILES string of the molecule is O=C(O)Cc1ccc(COCc2cccnc2)cc1. The fourth-order valence-corrected chi connectivity index (χ4v) is 1.70. The number of benzene rings is 1. The molecule has 0 radical (unpaired) electrons. The number of aromatic nitrogens is 1. The van der Waals surface area contributed by atoms with Crippen LogP contribution in [0.1, 0.15) is 16.7 Å². The number of carboxylic acid groups (broad SMARTS) is 1. The lowest BCUT2D eigenvalue weighted by Crippen LogP contribution is -2.00. The average molecular weight is 257 g/mol. The number of hydrogen-bond donors (Lipinski definition) is 1. The predicted octanol–water partition coefficient (Wildman–Crippen LogP) is 2.43. The van der Waals surface area contributed by atoms with Crippen molar-refractivity contribution in [3.05, 3.63) is 65.5 Å². The van der Waals surface area contributed by atoms with E-state index < -0.39 is 5.97 Å². The van der Waals surface area contributed by atoms with Crippen molar-refractivity contribution in [2.24, 2.45) is 0 Å². The molecule has 0 aliphatic heterocycles. The Morgan fingerprint density at radius 2 is 1.74 bits per heavy atom. The smallest absolute Gasteiger partial charge is 0.307 e. The largest absolute Gasteiger partial charge is 0.481 e. The van der Waals surface area contributed by atoms with Crippen LogP contribution in [0.4, 0.5) is 0 Å². The summed E-state index contributed by atoms with van der Waals surface area (Å²) in [6, 6.07) is 11.2. The lowest BCUT2D eigenvalue weighted by molar-refractivity contribution is -0.136. The van der Waals surface area contributed by atoms with E-state index in [9.17, 15) is 4.79 Å². The Balaban J connectivity index is 1.81. The predicted molar refractivity (Wildman–Crippen MR) is 70.5 cm³/mol. The summed E-state index contributed by atoms with van der Waals surface area (Å²) in [6.07, 6.45) is 3.55. The van der Waals surface area contributed by atoms with Gasteiger partial charge in [-0.15, -0.1) is 0 Å². The van der Waals surface area contributed by atoms with Gasteiger partial charge in [0.05, 0.1) is 19.6 Å². The topological polar surface area (TPSA) is 59.4 Å². The summed E-state index contributed by atoms with van der Waals surface area (Å²) in [7, 11) is 0. The van der Waals surface area contributed by atoms with Gasteiger partial charge in [-0.05, 0) is 22.8 Å². The van der Waals surface area contributed by atoms with Crippen LogP contribution >= 0.6 is 0 Å². The molecule has 19 heavy (non-hydrogen) atoms. The van der Waals surface area contributed by atoms with Crippen LogP contribution in [0.3, 0.4) is 0 Å². The summed E-state index contributed by atoms with van der Waals surface area (Å²) in [6.45, 7) is 1.02. The van der Waals surface area contributed by atoms with E-state index in [1.807, 2.05) is 36.4 Å². The fraction of sp³-hybridized carbons (Fsp3) is 0.200. The molecule has 98 valence electrons. The molecule has 1 aromatic heterocycles. The minimum Gasteiger partial charge on any atom is -0.481 e. The van der Waals surface area contributed by atoms with Crippen molar-refractivity contribution < 1.29 is 14.6 Å². The van der Waals surface area contributed by atoms with Crippen molar-refractivity contribution in [1.29, 1.82) is 0 Å². The molecule has 0 unspecified atom stereocenters. The molecule has 0 amide bonds. The zero-order valence-electron chi connectivity index (χ0n) is 10.5.